The third-order valence-electron chi connectivity index (χ3n) is 4.64. The Bertz CT molecular complexity index is 1010. The molecule has 0 radical (unpaired) electrons. The van der Waals surface area contributed by atoms with Gasteiger partial charge in [0, 0.05) is 0 Å². The van der Waals surface area contributed by atoms with E-state index in [-0.39, 0.29) is 0 Å². The topological polar surface area (TPSA) is 0 Å². The lowest BCUT2D eigenvalue weighted by molar-refractivity contribution is 1.20. The summed E-state index contributed by atoms with van der Waals surface area (Å²) in [6, 6.07) is 26.6. The van der Waals surface area contributed by atoms with Gasteiger partial charge in [0.05, 0.1) is 0 Å². The molecule has 0 fully saturated rings. The van der Waals surface area contributed by atoms with Crippen molar-refractivity contribution in [3.05, 3.63) is 83.9 Å². The van der Waals surface area contributed by atoms with Crippen LogP contribution in [-0.4, -0.2) is 0 Å². The van der Waals surface area contributed by atoms with Crippen molar-refractivity contribution in [3.8, 4) is 11.1 Å². The van der Waals surface area contributed by atoms with E-state index >= 15 is 0 Å². The van der Waals surface area contributed by atoms with Gasteiger partial charge < -0.3 is 0 Å². The number of fused-ring (bicyclic) bond motifs is 4. The second-order valence-corrected chi connectivity index (χ2v) is 5.82. The molecule has 0 amide bonds. The summed E-state index contributed by atoms with van der Waals surface area (Å²) in [4.78, 5) is 0. The number of benzene rings is 4. The first-order valence-corrected chi connectivity index (χ1v) is 7.43. The van der Waals surface area contributed by atoms with E-state index in [2.05, 4.69) is 72.8 Å². The minimum atomic E-state index is 1.04. The molecule has 0 heterocycles. The van der Waals surface area contributed by atoms with E-state index < -0.39 is 0 Å². The summed E-state index contributed by atoms with van der Waals surface area (Å²) in [6.45, 7) is 0. The van der Waals surface area contributed by atoms with Crippen molar-refractivity contribution in [1.82, 2.24) is 0 Å². The molecule has 0 unspecified atom stereocenters. The molecule has 5 rings (SSSR count). The lowest BCUT2D eigenvalue weighted by Gasteiger charge is -2.22. The second-order valence-electron chi connectivity index (χ2n) is 5.82. The van der Waals surface area contributed by atoms with Crippen molar-refractivity contribution in [3.63, 3.8) is 0 Å². The van der Waals surface area contributed by atoms with Gasteiger partial charge in [0.1, 0.15) is 0 Å². The molecule has 4 aromatic carbocycles. The Balaban J connectivity index is 2.11. The molecule has 0 atom stereocenters. The van der Waals surface area contributed by atoms with Crippen molar-refractivity contribution >= 4 is 21.5 Å². The third-order valence-corrected chi connectivity index (χ3v) is 4.64. The van der Waals surface area contributed by atoms with Crippen LogP contribution < -0.4 is 0 Å². The SMILES string of the molecule is c1ccc2c(c1)Cc1cccc3cc4ccccc4c-2c13. The molecule has 0 saturated carbocycles. The van der Waals surface area contributed by atoms with Crippen LogP contribution in [0, 0.1) is 0 Å². The third kappa shape index (κ3) is 1.45. The molecule has 98 valence electrons. The van der Waals surface area contributed by atoms with Gasteiger partial charge in [0.15, 0.2) is 0 Å². The molecule has 1 aliphatic carbocycles. The van der Waals surface area contributed by atoms with E-state index in [0.29, 0.717) is 0 Å². The van der Waals surface area contributed by atoms with E-state index in [1.807, 2.05) is 0 Å². The average molecular weight is 266 g/mol. The van der Waals surface area contributed by atoms with Crippen LogP contribution in [0.5, 0.6) is 0 Å². The Hall–Kier alpha value is -2.60. The lowest BCUT2D eigenvalue weighted by Crippen LogP contribution is -2.01. The van der Waals surface area contributed by atoms with Crippen LogP contribution in [0.15, 0.2) is 72.8 Å². The molecule has 0 heteroatoms. The largest absolute Gasteiger partial charge is 0.0619 e. The summed E-state index contributed by atoms with van der Waals surface area (Å²) in [5.74, 6) is 0. The number of hydrogen-bond donors (Lipinski definition) is 0. The van der Waals surface area contributed by atoms with Gasteiger partial charge in [-0.1, -0.05) is 66.7 Å². The number of rotatable bonds is 0. The highest BCUT2D eigenvalue weighted by molar-refractivity contribution is 6.15. The lowest BCUT2D eigenvalue weighted by atomic mass is 9.81. The van der Waals surface area contributed by atoms with E-state index in [0.717, 1.165) is 6.42 Å². The predicted octanol–water partition coefficient (Wildman–Crippen LogP) is 5.56. The fourth-order valence-electron chi connectivity index (χ4n) is 3.75. The fourth-order valence-corrected chi connectivity index (χ4v) is 3.75. The van der Waals surface area contributed by atoms with E-state index in [1.165, 1.54) is 43.8 Å². The van der Waals surface area contributed by atoms with Gasteiger partial charge in [-0.3, -0.25) is 0 Å². The van der Waals surface area contributed by atoms with Gasteiger partial charge in [-0.25, -0.2) is 0 Å². The quantitative estimate of drug-likeness (QED) is 0.322. The maximum atomic E-state index is 2.32. The van der Waals surface area contributed by atoms with Crippen LogP contribution in [0.4, 0.5) is 0 Å². The first kappa shape index (κ1) is 11.1. The second kappa shape index (κ2) is 3.95. The van der Waals surface area contributed by atoms with Crippen LogP contribution in [-0.2, 0) is 6.42 Å². The maximum absolute atomic E-state index is 2.32. The highest BCUT2D eigenvalue weighted by Gasteiger charge is 2.19. The Kier molecular flexibility index (Phi) is 2.09. The molecule has 4 aromatic rings. The molecule has 0 aromatic heterocycles. The van der Waals surface area contributed by atoms with E-state index in [4.69, 9.17) is 0 Å². The standard InChI is InChI=1S/C21H14/c1-3-10-18-14(6-1)12-16-8-5-9-17-13-15-7-2-4-11-19(15)21(18)20(16)17/h1-12H,13H2. The molecule has 0 nitrogen and oxygen atoms in total. The van der Waals surface area contributed by atoms with Crippen molar-refractivity contribution in [2.45, 2.75) is 6.42 Å². The van der Waals surface area contributed by atoms with E-state index in [1.54, 1.807) is 0 Å². The molecule has 0 saturated heterocycles. The van der Waals surface area contributed by atoms with Gasteiger partial charge in [-0.2, -0.15) is 0 Å². The molecule has 0 N–H and O–H groups in total. The summed E-state index contributed by atoms with van der Waals surface area (Å²) in [6.07, 6.45) is 1.04. The predicted molar refractivity (Wildman–Crippen MR) is 89.7 cm³/mol. The maximum Gasteiger partial charge on any atom is -0.00132 e. The summed E-state index contributed by atoms with van der Waals surface area (Å²) in [7, 11) is 0. The van der Waals surface area contributed by atoms with E-state index in [9.17, 15) is 0 Å². The molecular formula is C21H14. The highest BCUT2D eigenvalue weighted by atomic mass is 14.2. The monoisotopic (exact) mass is 266 g/mol. The Morgan fingerprint density at radius 1 is 0.619 bits per heavy atom. The van der Waals surface area contributed by atoms with Crippen LogP contribution in [0.25, 0.3) is 32.7 Å². The normalized spacial score (nSPS) is 12.6. The Morgan fingerprint density at radius 3 is 2.38 bits per heavy atom. The molecule has 0 bridgehead atoms. The summed E-state index contributed by atoms with van der Waals surface area (Å²) >= 11 is 0. The zero-order valence-electron chi connectivity index (χ0n) is 11.6. The zero-order chi connectivity index (χ0) is 13.8. The van der Waals surface area contributed by atoms with Crippen molar-refractivity contribution in [1.29, 1.82) is 0 Å². The molecule has 0 aliphatic heterocycles. The van der Waals surface area contributed by atoms with Crippen LogP contribution in [0.1, 0.15) is 11.1 Å². The highest BCUT2D eigenvalue weighted by Crippen LogP contribution is 2.43. The van der Waals surface area contributed by atoms with Gasteiger partial charge >= 0.3 is 0 Å². The molecular weight excluding hydrogens is 252 g/mol. The molecule has 1 aliphatic rings. The minimum Gasteiger partial charge on any atom is -0.0619 e. The van der Waals surface area contributed by atoms with Crippen molar-refractivity contribution < 1.29 is 0 Å². The smallest absolute Gasteiger partial charge is 0.00132 e. The first-order chi connectivity index (χ1) is 10.4. The molecule has 21 heavy (non-hydrogen) atoms. The Morgan fingerprint density at radius 2 is 1.38 bits per heavy atom. The number of hydrogen-bond acceptors (Lipinski definition) is 0. The summed E-state index contributed by atoms with van der Waals surface area (Å²) in [5, 5.41) is 5.49. The van der Waals surface area contributed by atoms with Crippen molar-refractivity contribution in [2.75, 3.05) is 0 Å². The summed E-state index contributed by atoms with van der Waals surface area (Å²) in [5.41, 5.74) is 5.71. The summed E-state index contributed by atoms with van der Waals surface area (Å²) < 4.78 is 0. The molecule has 0 spiro atoms. The fraction of sp³-hybridized carbons (Fsp3) is 0.0476. The van der Waals surface area contributed by atoms with Crippen molar-refractivity contribution in [2.24, 2.45) is 0 Å². The first-order valence-electron chi connectivity index (χ1n) is 7.43. The minimum absolute atomic E-state index is 1.04. The Labute approximate surface area is 123 Å². The average Bonchev–Trinajstić information content (AvgIpc) is 2.54. The van der Waals surface area contributed by atoms with Gasteiger partial charge in [-0.15, -0.1) is 0 Å². The zero-order valence-corrected chi connectivity index (χ0v) is 11.6. The van der Waals surface area contributed by atoms with Crippen LogP contribution >= 0.6 is 0 Å². The van der Waals surface area contributed by atoms with Gasteiger partial charge in [-0.05, 0) is 56.3 Å². The van der Waals surface area contributed by atoms with Crippen LogP contribution in [0.2, 0.25) is 0 Å². The van der Waals surface area contributed by atoms with Crippen LogP contribution in [0.3, 0.4) is 0 Å². The van der Waals surface area contributed by atoms with Gasteiger partial charge in [0.2, 0.25) is 0 Å². The van der Waals surface area contributed by atoms with Gasteiger partial charge in [0.25, 0.3) is 0 Å².